The summed E-state index contributed by atoms with van der Waals surface area (Å²) >= 11 is 0. The summed E-state index contributed by atoms with van der Waals surface area (Å²) in [7, 11) is 0. The van der Waals surface area contributed by atoms with Gasteiger partial charge in [0.2, 0.25) is 5.91 Å². The van der Waals surface area contributed by atoms with Crippen molar-refractivity contribution in [2.24, 2.45) is 5.92 Å². The molecule has 0 atom stereocenters. The second-order valence-electron chi connectivity index (χ2n) is 7.46. The van der Waals surface area contributed by atoms with Crippen LogP contribution < -0.4 is 10.6 Å². The molecule has 2 N–H and O–H groups in total. The maximum absolute atomic E-state index is 12.4. The summed E-state index contributed by atoms with van der Waals surface area (Å²) in [5, 5.41) is 6.40. The Hall–Kier alpha value is -1.68. The maximum atomic E-state index is 12.4. The molecule has 1 aromatic carbocycles. The predicted octanol–water partition coefficient (Wildman–Crippen LogP) is 3.03. The van der Waals surface area contributed by atoms with Crippen molar-refractivity contribution in [2.45, 2.75) is 57.8 Å². The van der Waals surface area contributed by atoms with E-state index in [-0.39, 0.29) is 11.7 Å². The van der Waals surface area contributed by atoms with Crippen molar-refractivity contribution >= 4 is 11.7 Å². The molecule has 3 rings (SSSR count). The van der Waals surface area contributed by atoms with E-state index in [2.05, 4.69) is 16.7 Å². The fraction of sp³-hybridized carbons (Fsp3) is 0.619. The number of amides is 1. The number of rotatable bonds is 6. The Morgan fingerprint density at radius 3 is 2.56 bits per heavy atom. The largest absolute Gasteiger partial charge is 0.356 e. The van der Waals surface area contributed by atoms with Crippen LogP contribution in [0.15, 0.2) is 18.2 Å². The summed E-state index contributed by atoms with van der Waals surface area (Å²) in [6.45, 7) is 2.74. The van der Waals surface area contributed by atoms with Crippen molar-refractivity contribution in [3.05, 3.63) is 34.9 Å². The molecule has 1 aliphatic heterocycles. The highest BCUT2D eigenvalue weighted by atomic mass is 16.2. The Balaban J connectivity index is 1.45. The highest BCUT2D eigenvalue weighted by Crippen LogP contribution is 2.22. The first-order valence-corrected chi connectivity index (χ1v) is 9.85. The number of carbonyl (C=O) groups excluding carboxylic acids is 2. The van der Waals surface area contributed by atoms with Crippen molar-refractivity contribution < 1.29 is 9.59 Å². The third-order valence-corrected chi connectivity index (χ3v) is 5.56. The molecule has 1 aliphatic carbocycles. The molecule has 1 amide bonds. The standard InChI is InChI=1S/C21H30N2O2/c24-20(8-9-21(25)23-15-16-4-2-1-3-5-16)19-7-6-17-10-12-22-13-11-18(17)14-19/h6-7,14,16,22H,1-5,8-13,15H2,(H,23,25). The molecule has 0 saturated heterocycles. The lowest BCUT2D eigenvalue weighted by Crippen LogP contribution is -2.30. The van der Waals surface area contributed by atoms with Gasteiger partial charge in [0.15, 0.2) is 5.78 Å². The molecule has 0 spiro atoms. The average Bonchev–Trinajstić information content (AvgIpc) is 2.90. The first kappa shape index (κ1) is 18.1. The highest BCUT2D eigenvalue weighted by Gasteiger charge is 2.16. The highest BCUT2D eigenvalue weighted by molar-refractivity contribution is 5.98. The van der Waals surface area contributed by atoms with E-state index in [0.29, 0.717) is 18.8 Å². The number of carbonyl (C=O) groups is 2. The summed E-state index contributed by atoms with van der Waals surface area (Å²) < 4.78 is 0. The molecule has 4 nitrogen and oxygen atoms in total. The van der Waals surface area contributed by atoms with Crippen LogP contribution in [0.2, 0.25) is 0 Å². The van der Waals surface area contributed by atoms with E-state index in [0.717, 1.165) is 38.0 Å². The summed E-state index contributed by atoms with van der Waals surface area (Å²) in [5.41, 5.74) is 3.37. The van der Waals surface area contributed by atoms with Crippen LogP contribution in [0.4, 0.5) is 0 Å². The van der Waals surface area contributed by atoms with Gasteiger partial charge in [-0.2, -0.15) is 0 Å². The predicted molar refractivity (Wildman–Crippen MR) is 99.9 cm³/mol. The zero-order chi connectivity index (χ0) is 17.5. The van der Waals surface area contributed by atoms with E-state index in [1.54, 1.807) is 0 Å². The molecule has 136 valence electrons. The van der Waals surface area contributed by atoms with E-state index in [4.69, 9.17) is 0 Å². The smallest absolute Gasteiger partial charge is 0.220 e. The van der Waals surface area contributed by atoms with Gasteiger partial charge in [-0.05, 0) is 61.9 Å². The molecule has 0 aromatic heterocycles. The van der Waals surface area contributed by atoms with E-state index < -0.39 is 0 Å². The quantitative estimate of drug-likeness (QED) is 0.781. The fourth-order valence-corrected chi connectivity index (χ4v) is 3.96. The first-order valence-electron chi connectivity index (χ1n) is 9.85. The van der Waals surface area contributed by atoms with Gasteiger partial charge in [-0.3, -0.25) is 9.59 Å². The first-order chi connectivity index (χ1) is 12.2. The van der Waals surface area contributed by atoms with Gasteiger partial charge in [-0.1, -0.05) is 31.4 Å². The van der Waals surface area contributed by atoms with Crippen molar-refractivity contribution in [2.75, 3.05) is 19.6 Å². The van der Waals surface area contributed by atoms with Crippen molar-refractivity contribution in [3.8, 4) is 0 Å². The van der Waals surface area contributed by atoms with Gasteiger partial charge in [0.05, 0.1) is 0 Å². The van der Waals surface area contributed by atoms with E-state index in [1.165, 1.54) is 43.2 Å². The fourth-order valence-electron chi connectivity index (χ4n) is 3.96. The molecular weight excluding hydrogens is 312 g/mol. The van der Waals surface area contributed by atoms with Crippen LogP contribution in [-0.4, -0.2) is 31.3 Å². The summed E-state index contributed by atoms with van der Waals surface area (Å²) in [6, 6.07) is 6.04. The number of fused-ring (bicyclic) bond motifs is 1. The summed E-state index contributed by atoms with van der Waals surface area (Å²) in [4.78, 5) is 24.5. The minimum absolute atomic E-state index is 0.0119. The SMILES string of the molecule is O=C(CCC(=O)c1ccc2c(c1)CCNCC2)NCC1CCCCC1. The molecule has 0 unspecified atom stereocenters. The third-order valence-electron chi connectivity index (χ3n) is 5.56. The lowest BCUT2D eigenvalue weighted by atomic mass is 9.89. The van der Waals surface area contributed by atoms with Crippen LogP contribution >= 0.6 is 0 Å². The molecule has 1 fully saturated rings. The minimum atomic E-state index is 0.0119. The van der Waals surface area contributed by atoms with Gasteiger partial charge >= 0.3 is 0 Å². The van der Waals surface area contributed by atoms with E-state index in [1.807, 2.05) is 12.1 Å². The monoisotopic (exact) mass is 342 g/mol. The van der Waals surface area contributed by atoms with Gasteiger partial charge in [0, 0.05) is 24.9 Å². The maximum Gasteiger partial charge on any atom is 0.220 e. The minimum Gasteiger partial charge on any atom is -0.356 e. The zero-order valence-electron chi connectivity index (χ0n) is 15.1. The third kappa shape index (κ3) is 5.40. The van der Waals surface area contributed by atoms with Crippen LogP contribution in [0.3, 0.4) is 0 Å². The van der Waals surface area contributed by atoms with Gasteiger partial charge in [0.1, 0.15) is 0 Å². The molecule has 0 radical (unpaired) electrons. The number of Topliss-reactive ketones (excluding diaryl/α,β-unsaturated/α-hetero) is 1. The lowest BCUT2D eigenvalue weighted by molar-refractivity contribution is -0.121. The molecule has 2 aliphatic rings. The van der Waals surface area contributed by atoms with E-state index >= 15 is 0 Å². The number of benzene rings is 1. The second kappa shape index (κ2) is 9.14. The number of hydrogen-bond donors (Lipinski definition) is 2. The summed E-state index contributed by atoms with van der Waals surface area (Å²) in [6.07, 6.45) is 8.94. The van der Waals surface area contributed by atoms with Gasteiger partial charge < -0.3 is 10.6 Å². The Bertz CT molecular complexity index is 606. The molecule has 1 heterocycles. The molecular formula is C21H30N2O2. The van der Waals surface area contributed by atoms with Crippen molar-refractivity contribution in [3.63, 3.8) is 0 Å². The molecule has 0 bridgehead atoms. The van der Waals surface area contributed by atoms with Crippen LogP contribution in [0, 0.1) is 5.92 Å². The lowest BCUT2D eigenvalue weighted by Gasteiger charge is -2.21. The number of nitrogens with one attached hydrogen (secondary N) is 2. The average molecular weight is 342 g/mol. The number of ketones is 1. The van der Waals surface area contributed by atoms with Gasteiger partial charge in [-0.15, -0.1) is 0 Å². The Morgan fingerprint density at radius 2 is 1.76 bits per heavy atom. The second-order valence-corrected chi connectivity index (χ2v) is 7.46. The summed E-state index contributed by atoms with van der Waals surface area (Å²) in [5.74, 6) is 0.720. The topological polar surface area (TPSA) is 58.2 Å². The van der Waals surface area contributed by atoms with Crippen LogP contribution in [0.25, 0.3) is 0 Å². The zero-order valence-corrected chi connectivity index (χ0v) is 15.1. The number of hydrogen-bond acceptors (Lipinski definition) is 3. The van der Waals surface area contributed by atoms with Crippen LogP contribution in [0.5, 0.6) is 0 Å². The molecule has 1 saturated carbocycles. The van der Waals surface area contributed by atoms with Crippen molar-refractivity contribution in [1.82, 2.24) is 10.6 Å². The molecule has 4 heteroatoms. The van der Waals surface area contributed by atoms with Crippen molar-refractivity contribution in [1.29, 1.82) is 0 Å². The molecule has 25 heavy (non-hydrogen) atoms. The Morgan fingerprint density at radius 1 is 1.00 bits per heavy atom. The normalized spacial score (nSPS) is 18.2. The Kier molecular flexibility index (Phi) is 6.62. The van der Waals surface area contributed by atoms with Gasteiger partial charge in [0.25, 0.3) is 0 Å². The molecule has 1 aromatic rings. The van der Waals surface area contributed by atoms with E-state index in [9.17, 15) is 9.59 Å². The van der Waals surface area contributed by atoms with Gasteiger partial charge in [-0.25, -0.2) is 0 Å². The van der Waals surface area contributed by atoms with Crippen LogP contribution in [0.1, 0.15) is 66.4 Å². The Labute approximate surface area is 150 Å². The van der Waals surface area contributed by atoms with Crippen LogP contribution in [-0.2, 0) is 17.6 Å².